The fraction of sp³-hybridized carbons (Fsp3) is 0.714. The number of hydrogen-bond acceptors (Lipinski definition) is 3. The van der Waals surface area contributed by atoms with Gasteiger partial charge >= 0.3 is 5.97 Å². The summed E-state index contributed by atoms with van der Waals surface area (Å²) >= 11 is 1.45. The summed E-state index contributed by atoms with van der Waals surface area (Å²) in [6.45, 7) is 1.82. The Morgan fingerprint density at radius 2 is 2.17 bits per heavy atom. The van der Waals surface area contributed by atoms with Crippen molar-refractivity contribution in [3.8, 4) is 0 Å². The molecule has 0 saturated carbocycles. The molecule has 0 rings (SSSR count). The maximum atomic E-state index is 10.3. The zero-order valence-electron chi connectivity index (χ0n) is 6.95. The average Bonchev–Trinajstić information content (AvgIpc) is 1.84. The van der Waals surface area contributed by atoms with Crippen LogP contribution in [-0.2, 0) is 9.59 Å². The van der Waals surface area contributed by atoms with Crippen LogP contribution in [0.4, 0.5) is 0 Å². The lowest BCUT2D eigenvalue weighted by atomic mass is 10.3. The van der Waals surface area contributed by atoms with E-state index in [-0.39, 0.29) is 17.6 Å². The van der Waals surface area contributed by atoms with Gasteiger partial charge in [-0.05, 0) is 0 Å². The Morgan fingerprint density at radius 1 is 1.58 bits per heavy atom. The second-order valence-electron chi connectivity index (χ2n) is 2.50. The number of rotatable bonds is 6. The van der Waals surface area contributed by atoms with Crippen LogP contribution in [0.1, 0.15) is 19.8 Å². The number of primary amides is 1. The molecule has 0 aliphatic heterocycles. The first kappa shape index (κ1) is 11.3. The zero-order valence-corrected chi connectivity index (χ0v) is 7.76. The molecule has 0 aromatic heterocycles. The topological polar surface area (TPSA) is 80.4 Å². The largest absolute Gasteiger partial charge is 0.481 e. The standard InChI is InChI=1S/C7H13NO3S/c1-5(4-7(10)11)12-3-2-6(8)9/h5H,2-4H2,1H3,(H2,8,9)(H,10,11). The van der Waals surface area contributed by atoms with Crippen LogP contribution in [0, 0.1) is 0 Å². The molecule has 0 heterocycles. The first-order valence-electron chi connectivity index (χ1n) is 3.64. The monoisotopic (exact) mass is 191 g/mol. The minimum absolute atomic E-state index is 0.0434. The molecule has 3 N–H and O–H groups in total. The van der Waals surface area contributed by atoms with Crippen LogP contribution in [0.5, 0.6) is 0 Å². The second-order valence-corrected chi connectivity index (χ2v) is 4.04. The lowest BCUT2D eigenvalue weighted by Crippen LogP contribution is -2.13. The van der Waals surface area contributed by atoms with Crippen molar-refractivity contribution in [2.75, 3.05) is 5.75 Å². The van der Waals surface area contributed by atoms with Gasteiger partial charge < -0.3 is 10.8 Å². The number of amides is 1. The molecule has 0 aliphatic carbocycles. The summed E-state index contributed by atoms with van der Waals surface area (Å²) in [6.07, 6.45) is 0.443. The van der Waals surface area contributed by atoms with E-state index in [9.17, 15) is 9.59 Å². The Balaban J connectivity index is 3.37. The predicted molar refractivity (Wildman–Crippen MR) is 48.0 cm³/mol. The maximum Gasteiger partial charge on any atom is 0.304 e. The van der Waals surface area contributed by atoms with E-state index in [2.05, 4.69) is 0 Å². The molecule has 70 valence electrons. The summed E-state index contributed by atoms with van der Waals surface area (Å²) in [5.41, 5.74) is 4.91. The minimum Gasteiger partial charge on any atom is -0.481 e. The molecule has 0 fully saturated rings. The Bertz CT molecular complexity index is 172. The molecule has 4 nitrogen and oxygen atoms in total. The molecule has 5 heteroatoms. The lowest BCUT2D eigenvalue weighted by Gasteiger charge is -2.06. The van der Waals surface area contributed by atoms with Crippen LogP contribution in [0.15, 0.2) is 0 Å². The number of carbonyl (C=O) groups excluding carboxylic acids is 1. The van der Waals surface area contributed by atoms with Crippen LogP contribution in [0.2, 0.25) is 0 Å². The third-order valence-corrected chi connectivity index (χ3v) is 2.39. The second kappa shape index (κ2) is 5.88. The Kier molecular flexibility index (Phi) is 5.53. The van der Waals surface area contributed by atoms with E-state index in [0.29, 0.717) is 12.2 Å². The van der Waals surface area contributed by atoms with Crippen LogP contribution >= 0.6 is 11.8 Å². The Labute approximate surface area is 75.5 Å². The summed E-state index contributed by atoms with van der Waals surface area (Å²) < 4.78 is 0. The van der Waals surface area contributed by atoms with Crippen molar-refractivity contribution < 1.29 is 14.7 Å². The Hall–Kier alpha value is -0.710. The molecule has 0 spiro atoms. The van der Waals surface area contributed by atoms with Crippen molar-refractivity contribution in [1.29, 1.82) is 0 Å². The highest BCUT2D eigenvalue weighted by molar-refractivity contribution is 7.99. The predicted octanol–water partition coefficient (Wildman–Crippen LogP) is 0.458. The SMILES string of the molecule is CC(CC(=O)O)SCCC(N)=O. The highest BCUT2D eigenvalue weighted by Crippen LogP contribution is 2.14. The van der Waals surface area contributed by atoms with Crippen LogP contribution in [-0.4, -0.2) is 28.0 Å². The van der Waals surface area contributed by atoms with Gasteiger partial charge in [0.1, 0.15) is 0 Å². The van der Waals surface area contributed by atoms with Crippen molar-refractivity contribution in [1.82, 2.24) is 0 Å². The average molecular weight is 191 g/mol. The van der Waals surface area contributed by atoms with Crippen molar-refractivity contribution >= 4 is 23.6 Å². The summed E-state index contributed by atoms with van der Waals surface area (Å²) in [5, 5.41) is 8.43. The van der Waals surface area contributed by atoms with Gasteiger partial charge in [0.05, 0.1) is 6.42 Å². The quantitative estimate of drug-likeness (QED) is 0.639. The highest BCUT2D eigenvalue weighted by atomic mass is 32.2. The van der Waals surface area contributed by atoms with Gasteiger partial charge in [0, 0.05) is 17.4 Å². The van der Waals surface area contributed by atoms with Gasteiger partial charge in [0.15, 0.2) is 0 Å². The molecule has 12 heavy (non-hydrogen) atoms. The molecule has 1 amide bonds. The van der Waals surface area contributed by atoms with E-state index >= 15 is 0 Å². The molecule has 1 unspecified atom stereocenters. The molecule has 0 bridgehead atoms. The molecule has 0 aliphatic rings. The van der Waals surface area contributed by atoms with E-state index in [0.717, 1.165) is 0 Å². The van der Waals surface area contributed by atoms with Crippen molar-refractivity contribution in [3.63, 3.8) is 0 Å². The first-order chi connectivity index (χ1) is 5.52. The zero-order chi connectivity index (χ0) is 9.56. The lowest BCUT2D eigenvalue weighted by molar-refractivity contribution is -0.136. The smallest absolute Gasteiger partial charge is 0.304 e. The third-order valence-electron chi connectivity index (χ3n) is 1.21. The van der Waals surface area contributed by atoms with Gasteiger partial charge in [-0.3, -0.25) is 9.59 Å². The molecular formula is C7H13NO3S. The van der Waals surface area contributed by atoms with Gasteiger partial charge in [0.25, 0.3) is 0 Å². The van der Waals surface area contributed by atoms with E-state index in [1.165, 1.54) is 11.8 Å². The highest BCUT2D eigenvalue weighted by Gasteiger charge is 2.07. The molecule has 0 aromatic rings. The minimum atomic E-state index is -0.811. The number of carboxylic acids is 1. The van der Waals surface area contributed by atoms with E-state index < -0.39 is 5.97 Å². The molecule has 0 radical (unpaired) electrons. The maximum absolute atomic E-state index is 10.3. The number of hydrogen-bond donors (Lipinski definition) is 2. The Morgan fingerprint density at radius 3 is 2.58 bits per heavy atom. The summed E-state index contributed by atoms with van der Waals surface area (Å²) in [4.78, 5) is 20.5. The van der Waals surface area contributed by atoms with Crippen LogP contribution in [0.3, 0.4) is 0 Å². The van der Waals surface area contributed by atoms with Gasteiger partial charge in [0.2, 0.25) is 5.91 Å². The van der Waals surface area contributed by atoms with Crippen LogP contribution in [0.25, 0.3) is 0 Å². The van der Waals surface area contributed by atoms with Crippen LogP contribution < -0.4 is 5.73 Å². The number of carboxylic acid groups (broad SMARTS) is 1. The third kappa shape index (κ3) is 7.40. The number of aliphatic carboxylic acids is 1. The molecule has 0 aromatic carbocycles. The normalized spacial score (nSPS) is 12.4. The fourth-order valence-corrected chi connectivity index (χ4v) is 1.65. The van der Waals surface area contributed by atoms with E-state index in [1.807, 2.05) is 6.92 Å². The molecule has 1 atom stereocenters. The van der Waals surface area contributed by atoms with Gasteiger partial charge in [-0.2, -0.15) is 11.8 Å². The number of nitrogens with two attached hydrogens (primary N) is 1. The van der Waals surface area contributed by atoms with Gasteiger partial charge in [-0.25, -0.2) is 0 Å². The van der Waals surface area contributed by atoms with Crippen molar-refractivity contribution in [2.45, 2.75) is 25.0 Å². The van der Waals surface area contributed by atoms with Gasteiger partial charge in [-0.15, -0.1) is 0 Å². The summed E-state index contributed by atoms with van der Waals surface area (Å²) in [6, 6.07) is 0. The number of carbonyl (C=O) groups is 2. The summed E-state index contributed by atoms with van der Waals surface area (Å²) in [5.74, 6) is -0.553. The fourth-order valence-electron chi connectivity index (χ4n) is 0.666. The van der Waals surface area contributed by atoms with E-state index in [4.69, 9.17) is 10.8 Å². The van der Waals surface area contributed by atoms with Crippen molar-refractivity contribution in [2.24, 2.45) is 5.73 Å². The summed E-state index contributed by atoms with van der Waals surface area (Å²) in [7, 11) is 0. The first-order valence-corrected chi connectivity index (χ1v) is 4.69. The van der Waals surface area contributed by atoms with Crippen molar-refractivity contribution in [3.05, 3.63) is 0 Å². The molecular weight excluding hydrogens is 178 g/mol. The van der Waals surface area contributed by atoms with Gasteiger partial charge in [-0.1, -0.05) is 6.92 Å². The molecule has 0 saturated heterocycles. The number of thioether (sulfide) groups is 1. The van der Waals surface area contributed by atoms with E-state index in [1.54, 1.807) is 0 Å².